The first-order valence-corrected chi connectivity index (χ1v) is 8.15. The minimum atomic E-state index is -0.891. The highest BCUT2D eigenvalue weighted by molar-refractivity contribution is 6.08. The lowest BCUT2D eigenvalue weighted by molar-refractivity contribution is -0.135. The van der Waals surface area contributed by atoms with Gasteiger partial charge in [0.25, 0.3) is 5.91 Å². The SMILES string of the molecule is CCC1(CC)NC(=O)N(CC(=O)NCC(N)c2ccccc2)C1=O.Cl. The van der Waals surface area contributed by atoms with Crippen LogP contribution in [0.4, 0.5) is 4.79 Å². The Morgan fingerprint density at radius 1 is 1.24 bits per heavy atom. The molecule has 0 bridgehead atoms. The van der Waals surface area contributed by atoms with Crippen molar-refractivity contribution in [3.8, 4) is 0 Å². The maximum absolute atomic E-state index is 12.4. The Morgan fingerprint density at radius 2 is 1.84 bits per heavy atom. The summed E-state index contributed by atoms with van der Waals surface area (Å²) in [4.78, 5) is 37.5. The van der Waals surface area contributed by atoms with E-state index in [-0.39, 0.29) is 37.4 Å². The van der Waals surface area contributed by atoms with Gasteiger partial charge < -0.3 is 16.4 Å². The molecule has 1 unspecified atom stereocenters. The maximum Gasteiger partial charge on any atom is 0.325 e. The van der Waals surface area contributed by atoms with Crippen LogP contribution >= 0.6 is 12.4 Å². The van der Waals surface area contributed by atoms with Crippen LogP contribution in [0.2, 0.25) is 0 Å². The second-order valence-corrected chi connectivity index (χ2v) is 5.93. The molecule has 0 saturated carbocycles. The van der Waals surface area contributed by atoms with Crippen LogP contribution < -0.4 is 16.4 Å². The van der Waals surface area contributed by atoms with Crippen LogP contribution in [-0.4, -0.2) is 41.4 Å². The summed E-state index contributed by atoms with van der Waals surface area (Å²) in [5, 5.41) is 5.37. The molecule has 7 nitrogen and oxygen atoms in total. The number of halogens is 1. The highest BCUT2D eigenvalue weighted by Crippen LogP contribution is 2.24. The average molecular weight is 369 g/mol. The molecule has 1 aliphatic heterocycles. The number of urea groups is 1. The van der Waals surface area contributed by atoms with Gasteiger partial charge >= 0.3 is 6.03 Å². The number of nitrogens with two attached hydrogens (primary N) is 1. The van der Waals surface area contributed by atoms with Crippen molar-refractivity contribution in [3.05, 3.63) is 35.9 Å². The van der Waals surface area contributed by atoms with Gasteiger partial charge in [-0.05, 0) is 18.4 Å². The van der Waals surface area contributed by atoms with Gasteiger partial charge in [0.15, 0.2) is 0 Å². The molecule has 2 rings (SSSR count). The zero-order valence-corrected chi connectivity index (χ0v) is 15.3. The molecule has 1 aliphatic rings. The van der Waals surface area contributed by atoms with Crippen molar-refractivity contribution in [1.29, 1.82) is 0 Å². The predicted octanol–water partition coefficient (Wildman–Crippen LogP) is 1.34. The third-order valence-electron chi connectivity index (χ3n) is 4.50. The molecule has 4 N–H and O–H groups in total. The van der Waals surface area contributed by atoms with Gasteiger partial charge in [0.1, 0.15) is 12.1 Å². The fraction of sp³-hybridized carbons (Fsp3) is 0.471. The van der Waals surface area contributed by atoms with Gasteiger partial charge in [0.05, 0.1) is 0 Å². The average Bonchev–Trinajstić information content (AvgIpc) is 2.85. The highest BCUT2D eigenvalue weighted by Gasteiger charge is 2.49. The first-order chi connectivity index (χ1) is 11.4. The summed E-state index contributed by atoms with van der Waals surface area (Å²) in [6, 6.07) is 8.53. The summed E-state index contributed by atoms with van der Waals surface area (Å²) in [6.07, 6.45) is 0.982. The molecule has 1 atom stereocenters. The van der Waals surface area contributed by atoms with Crippen LogP contribution in [0, 0.1) is 0 Å². The molecule has 0 radical (unpaired) electrons. The monoisotopic (exact) mass is 368 g/mol. The molecule has 25 heavy (non-hydrogen) atoms. The molecule has 1 aromatic rings. The number of rotatable bonds is 7. The number of carbonyl (C=O) groups is 3. The Balaban J connectivity index is 0.00000312. The second-order valence-electron chi connectivity index (χ2n) is 5.93. The van der Waals surface area contributed by atoms with E-state index in [1.165, 1.54) is 0 Å². The van der Waals surface area contributed by atoms with E-state index in [4.69, 9.17) is 5.73 Å². The normalized spacial score (nSPS) is 16.8. The number of hydrogen-bond acceptors (Lipinski definition) is 4. The summed E-state index contributed by atoms with van der Waals surface area (Å²) in [5.41, 5.74) is 6.03. The van der Waals surface area contributed by atoms with E-state index in [2.05, 4.69) is 10.6 Å². The predicted molar refractivity (Wildman–Crippen MR) is 97.2 cm³/mol. The largest absolute Gasteiger partial charge is 0.353 e. The van der Waals surface area contributed by atoms with Crippen LogP contribution in [0.5, 0.6) is 0 Å². The molecular weight excluding hydrogens is 344 g/mol. The van der Waals surface area contributed by atoms with Crippen LogP contribution in [0.25, 0.3) is 0 Å². The maximum atomic E-state index is 12.4. The lowest BCUT2D eigenvalue weighted by Gasteiger charge is -2.23. The Morgan fingerprint density at radius 3 is 2.36 bits per heavy atom. The molecule has 8 heteroatoms. The number of hydrogen-bond donors (Lipinski definition) is 3. The molecule has 1 aromatic carbocycles. The molecule has 1 heterocycles. The van der Waals surface area contributed by atoms with Gasteiger partial charge in [0, 0.05) is 12.6 Å². The Bertz CT molecular complexity index is 620. The van der Waals surface area contributed by atoms with Gasteiger partial charge in [-0.1, -0.05) is 44.2 Å². The highest BCUT2D eigenvalue weighted by atomic mass is 35.5. The standard InChI is InChI=1S/C17H24N4O3.ClH/c1-3-17(4-2)15(23)21(16(24)20-17)11-14(22)19-10-13(18)12-8-6-5-7-9-12;/h5-9,13H,3-4,10-11,18H2,1-2H3,(H,19,22)(H,20,24);1H. The first kappa shape index (κ1) is 20.9. The third-order valence-corrected chi connectivity index (χ3v) is 4.50. The summed E-state index contributed by atoms with van der Waals surface area (Å²) < 4.78 is 0. The fourth-order valence-electron chi connectivity index (χ4n) is 2.79. The van der Waals surface area contributed by atoms with E-state index < -0.39 is 17.5 Å². The number of amides is 4. The van der Waals surface area contributed by atoms with Crippen molar-refractivity contribution < 1.29 is 14.4 Å². The molecule has 1 saturated heterocycles. The van der Waals surface area contributed by atoms with Gasteiger partial charge in [-0.25, -0.2) is 4.79 Å². The van der Waals surface area contributed by atoms with Crippen molar-refractivity contribution >= 4 is 30.3 Å². The van der Waals surface area contributed by atoms with E-state index in [0.717, 1.165) is 10.5 Å². The minimum absolute atomic E-state index is 0. The van der Waals surface area contributed by atoms with E-state index in [9.17, 15) is 14.4 Å². The van der Waals surface area contributed by atoms with Crippen molar-refractivity contribution in [2.75, 3.05) is 13.1 Å². The molecule has 0 aliphatic carbocycles. The number of benzene rings is 1. The zero-order chi connectivity index (χ0) is 17.7. The van der Waals surface area contributed by atoms with Crippen LogP contribution in [0.1, 0.15) is 38.3 Å². The van der Waals surface area contributed by atoms with Crippen molar-refractivity contribution in [3.63, 3.8) is 0 Å². The molecule has 138 valence electrons. The number of carbonyl (C=O) groups excluding carboxylic acids is 3. The van der Waals surface area contributed by atoms with Crippen molar-refractivity contribution in [2.45, 2.75) is 38.3 Å². The van der Waals surface area contributed by atoms with E-state index in [0.29, 0.717) is 12.8 Å². The second kappa shape index (κ2) is 8.82. The lowest BCUT2D eigenvalue weighted by Crippen LogP contribution is -2.47. The smallest absolute Gasteiger partial charge is 0.325 e. The first-order valence-electron chi connectivity index (χ1n) is 8.15. The summed E-state index contributed by atoms with van der Waals surface area (Å²) in [7, 11) is 0. The van der Waals surface area contributed by atoms with Gasteiger partial charge in [0.2, 0.25) is 5.91 Å². The van der Waals surface area contributed by atoms with Crippen LogP contribution in [0.15, 0.2) is 30.3 Å². The lowest BCUT2D eigenvalue weighted by atomic mass is 9.93. The summed E-state index contributed by atoms with van der Waals surface area (Å²) in [5.74, 6) is -0.757. The minimum Gasteiger partial charge on any atom is -0.353 e. The summed E-state index contributed by atoms with van der Waals surface area (Å²) in [6.45, 7) is 3.61. The Hall–Kier alpha value is -2.12. The van der Waals surface area contributed by atoms with Crippen LogP contribution in [0.3, 0.4) is 0 Å². The van der Waals surface area contributed by atoms with Crippen molar-refractivity contribution in [1.82, 2.24) is 15.5 Å². The topological polar surface area (TPSA) is 105 Å². The van der Waals surface area contributed by atoms with Gasteiger partial charge in [-0.15, -0.1) is 12.4 Å². The van der Waals surface area contributed by atoms with E-state index in [1.54, 1.807) is 0 Å². The Labute approximate surface area is 153 Å². The Kier molecular flexibility index (Phi) is 7.38. The van der Waals surface area contributed by atoms with E-state index >= 15 is 0 Å². The molecule has 4 amide bonds. The van der Waals surface area contributed by atoms with Gasteiger partial charge in [-0.3, -0.25) is 14.5 Å². The quantitative estimate of drug-likeness (QED) is 0.631. The summed E-state index contributed by atoms with van der Waals surface area (Å²) >= 11 is 0. The van der Waals surface area contributed by atoms with Gasteiger partial charge in [-0.2, -0.15) is 0 Å². The number of imide groups is 1. The van der Waals surface area contributed by atoms with Crippen LogP contribution in [-0.2, 0) is 9.59 Å². The van der Waals surface area contributed by atoms with Crippen molar-refractivity contribution in [2.24, 2.45) is 5.73 Å². The molecule has 0 aromatic heterocycles. The molecular formula is C17H25ClN4O3. The molecule has 1 fully saturated rings. The van der Waals surface area contributed by atoms with E-state index in [1.807, 2.05) is 44.2 Å². The number of nitrogens with one attached hydrogen (secondary N) is 2. The third kappa shape index (κ3) is 4.49. The fourth-order valence-corrected chi connectivity index (χ4v) is 2.79. The zero-order valence-electron chi connectivity index (χ0n) is 14.5. The number of nitrogens with zero attached hydrogens (tertiary/aromatic N) is 1. The molecule has 0 spiro atoms.